The second-order valence-electron chi connectivity index (χ2n) is 5.69. The maximum absolute atomic E-state index is 13.5. The summed E-state index contributed by atoms with van der Waals surface area (Å²) in [5, 5.41) is 13.4. The fourth-order valence-corrected chi connectivity index (χ4v) is 3.29. The van der Waals surface area contributed by atoms with Crippen LogP contribution in [0.2, 0.25) is 0 Å². The summed E-state index contributed by atoms with van der Waals surface area (Å²) in [5.41, 5.74) is 0.927. The lowest BCUT2D eigenvalue weighted by molar-refractivity contribution is -0.117. The van der Waals surface area contributed by atoms with Crippen LogP contribution in [0.15, 0.2) is 59.8 Å². The quantitative estimate of drug-likeness (QED) is 0.619. The minimum absolute atomic E-state index is 0.00122. The van der Waals surface area contributed by atoms with Crippen molar-refractivity contribution in [3.05, 3.63) is 60.4 Å². The number of carbonyl (C=O) groups is 2. The Balaban J connectivity index is 1.58. The minimum Gasteiger partial charge on any atom is -0.305 e. The van der Waals surface area contributed by atoms with Crippen LogP contribution < -0.4 is 10.6 Å². The van der Waals surface area contributed by atoms with E-state index in [0.717, 1.165) is 5.56 Å². The third kappa shape index (κ3) is 4.74. The van der Waals surface area contributed by atoms with Crippen LogP contribution in [0.4, 0.5) is 14.9 Å². The Morgan fingerprint density at radius 3 is 2.50 bits per heavy atom. The number of carbonyl (C=O) groups excluding carboxylic acids is 2. The number of imide groups is 1. The zero-order chi connectivity index (χ0) is 19.9. The van der Waals surface area contributed by atoms with Gasteiger partial charge in [0.1, 0.15) is 5.82 Å². The minimum atomic E-state index is -0.794. The van der Waals surface area contributed by atoms with Crippen molar-refractivity contribution in [1.82, 2.24) is 20.1 Å². The molecule has 0 aliphatic carbocycles. The van der Waals surface area contributed by atoms with Gasteiger partial charge in [-0.1, -0.05) is 54.2 Å². The number of hydrogen-bond donors (Lipinski definition) is 2. The molecule has 0 saturated carbocycles. The van der Waals surface area contributed by atoms with Crippen molar-refractivity contribution in [1.29, 1.82) is 0 Å². The first-order valence-electron chi connectivity index (χ1n) is 8.55. The molecule has 3 aromatic rings. The highest BCUT2D eigenvalue weighted by atomic mass is 32.2. The predicted molar refractivity (Wildman–Crippen MR) is 105 cm³/mol. The van der Waals surface area contributed by atoms with Crippen molar-refractivity contribution in [2.24, 2.45) is 0 Å². The highest BCUT2D eigenvalue weighted by Gasteiger charge is 2.16. The number of rotatable bonds is 6. The van der Waals surface area contributed by atoms with Crippen LogP contribution in [0.1, 0.15) is 6.92 Å². The van der Waals surface area contributed by atoms with E-state index in [9.17, 15) is 14.0 Å². The normalized spacial score (nSPS) is 10.5. The summed E-state index contributed by atoms with van der Waals surface area (Å²) in [5.74, 6) is -0.421. The van der Waals surface area contributed by atoms with Crippen molar-refractivity contribution in [2.75, 3.05) is 11.1 Å². The van der Waals surface area contributed by atoms with E-state index in [-0.39, 0.29) is 11.4 Å². The van der Waals surface area contributed by atoms with Crippen LogP contribution in [-0.4, -0.2) is 32.5 Å². The highest BCUT2D eigenvalue weighted by molar-refractivity contribution is 7.99. The summed E-state index contributed by atoms with van der Waals surface area (Å²) >= 11 is 1.17. The third-order valence-corrected chi connectivity index (χ3v) is 4.74. The second kappa shape index (κ2) is 9.14. The van der Waals surface area contributed by atoms with E-state index in [1.54, 1.807) is 6.07 Å². The summed E-state index contributed by atoms with van der Waals surface area (Å²) in [6.07, 6.45) is 0. The van der Waals surface area contributed by atoms with Crippen molar-refractivity contribution in [2.45, 2.75) is 18.6 Å². The van der Waals surface area contributed by atoms with Gasteiger partial charge in [0, 0.05) is 12.1 Å². The molecular formula is C19H18FN5O2S. The van der Waals surface area contributed by atoms with Crippen LogP contribution in [0.5, 0.6) is 0 Å². The van der Waals surface area contributed by atoms with E-state index in [1.165, 1.54) is 30.0 Å². The molecule has 2 N–H and O–H groups in total. The first-order valence-corrected chi connectivity index (χ1v) is 9.53. The van der Waals surface area contributed by atoms with E-state index >= 15 is 0 Å². The SMILES string of the molecule is CCn1c(SCC(=O)NC(=O)Nc2ccccc2F)nnc1-c1ccccc1. The zero-order valence-electron chi connectivity index (χ0n) is 15.1. The van der Waals surface area contributed by atoms with Gasteiger partial charge < -0.3 is 9.88 Å². The Morgan fingerprint density at radius 2 is 1.79 bits per heavy atom. The molecule has 3 rings (SSSR count). The van der Waals surface area contributed by atoms with Crippen molar-refractivity contribution < 1.29 is 14.0 Å². The van der Waals surface area contributed by atoms with Gasteiger partial charge in [-0.15, -0.1) is 10.2 Å². The van der Waals surface area contributed by atoms with Gasteiger partial charge in [-0.25, -0.2) is 9.18 Å². The molecule has 3 amide bonds. The van der Waals surface area contributed by atoms with Crippen molar-refractivity contribution >= 4 is 29.4 Å². The van der Waals surface area contributed by atoms with Crippen LogP contribution in [0.25, 0.3) is 11.4 Å². The van der Waals surface area contributed by atoms with Gasteiger partial charge in [0.2, 0.25) is 5.91 Å². The number of anilines is 1. The second-order valence-corrected chi connectivity index (χ2v) is 6.63. The smallest absolute Gasteiger partial charge is 0.305 e. The molecule has 7 nitrogen and oxygen atoms in total. The van der Waals surface area contributed by atoms with E-state index in [4.69, 9.17) is 0 Å². The number of aromatic nitrogens is 3. The molecule has 0 atom stereocenters. The molecule has 0 aliphatic rings. The number of thioether (sulfide) groups is 1. The first-order chi connectivity index (χ1) is 13.6. The van der Waals surface area contributed by atoms with E-state index in [2.05, 4.69) is 20.8 Å². The number of benzene rings is 2. The standard InChI is InChI=1S/C19H18FN5O2S/c1-2-25-17(13-8-4-3-5-9-13)23-24-19(25)28-12-16(26)22-18(27)21-15-11-7-6-10-14(15)20/h3-11H,2,12H2,1H3,(H2,21,22,26,27). The Morgan fingerprint density at radius 1 is 1.07 bits per heavy atom. The topological polar surface area (TPSA) is 88.9 Å². The van der Waals surface area contributed by atoms with Gasteiger partial charge in [-0.05, 0) is 19.1 Å². The first kappa shape index (κ1) is 19.6. The van der Waals surface area contributed by atoms with Gasteiger partial charge in [0.15, 0.2) is 11.0 Å². The maximum atomic E-state index is 13.5. The van der Waals surface area contributed by atoms with Gasteiger partial charge in [-0.3, -0.25) is 10.1 Å². The molecule has 2 aromatic carbocycles. The van der Waals surface area contributed by atoms with Gasteiger partial charge >= 0.3 is 6.03 Å². The number of halogens is 1. The van der Waals surface area contributed by atoms with Crippen LogP contribution in [0, 0.1) is 5.82 Å². The molecule has 0 saturated heterocycles. The predicted octanol–water partition coefficient (Wildman–Crippen LogP) is 3.54. The Kier molecular flexibility index (Phi) is 6.38. The number of nitrogens with one attached hydrogen (secondary N) is 2. The van der Waals surface area contributed by atoms with Crippen LogP contribution >= 0.6 is 11.8 Å². The summed E-state index contributed by atoms with van der Waals surface area (Å²) in [7, 11) is 0. The molecule has 1 aromatic heterocycles. The molecule has 9 heteroatoms. The third-order valence-electron chi connectivity index (χ3n) is 3.77. The maximum Gasteiger partial charge on any atom is 0.325 e. The van der Waals surface area contributed by atoms with Gasteiger partial charge in [-0.2, -0.15) is 0 Å². The molecule has 28 heavy (non-hydrogen) atoms. The molecule has 0 unspecified atom stereocenters. The molecule has 0 aliphatic heterocycles. The summed E-state index contributed by atoms with van der Waals surface area (Å²) in [4.78, 5) is 23.9. The van der Waals surface area contributed by atoms with E-state index < -0.39 is 17.8 Å². The van der Waals surface area contributed by atoms with Gasteiger partial charge in [0.05, 0.1) is 11.4 Å². The summed E-state index contributed by atoms with van der Waals surface area (Å²) in [6, 6.07) is 14.5. The Labute approximate surface area is 165 Å². The lowest BCUT2D eigenvalue weighted by atomic mass is 10.2. The highest BCUT2D eigenvalue weighted by Crippen LogP contribution is 2.23. The number of nitrogens with zero attached hydrogens (tertiary/aromatic N) is 3. The van der Waals surface area contributed by atoms with E-state index in [0.29, 0.717) is 17.5 Å². The van der Waals surface area contributed by atoms with Crippen LogP contribution in [-0.2, 0) is 11.3 Å². The lowest BCUT2D eigenvalue weighted by Gasteiger charge is -2.08. The van der Waals surface area contributed by atoms with Crippen molar-refractivity contribution in [3.63, 3.8) is 0 Å². The Hall–Kier alpha value is -3.20. The largest absolute Gasteiger partial charge is 0.325 e. The number of urea groups is 1. The molecular weight excluding hydrogens is 381 g/mol. The van der Waals surface area contributed by atoms with Crippen molar-refractivity contribution in [3.8, 4) is 11.4 Å². The molecule has 0 radical (unpaired) electrons. The Bertz CT molecular complexity index is 977. The fraction of sp³-hybridized carbons (Fsp3) is 0.158. The fourth-order valence-electron chi connectivity index (χ4n) is 2.49. The molecule has 0 fully saturated rings. The van der Waals surface area contributed by atoms with E-state index in [1.807, 2.05) is 41.8 Å². The average Bonchev–Trinajstić information content (AvgIpc) is 3.11. The summed E-state index contributed by atoms with van der Waals surface area (Å²) in [6.45, 7) is 2.59. The monoisotopic (exact) mass is 399 g/mol. The number of hydrogen-bond acceptors (Lipinski definition) is 5. The zero-order valence-corrected chi connectivity index (χ0v) is 15.9. The molecule has 0 spiro atoms. The van der Waals surface area contributed by atoms with Gasteiger partial charge in [0.25, 0.3) is 0 Å². The average molecular weight is 399 g/mol. The molecule has 0 bridgehead atoms. The van der Waals surface area contributed by atoms with Crippen LogP contribution in [0.3, 0.4) is 0 Å². The number of para-hydroxylation sites is 1. The summed E-state index contributed by atoms with van der Waals surface area (Å²) < 4.78 is 15.4. The molecule has 144 valence electrons. The lowest BCUT2D eigenvalue weighted by Crippen LogP contribution is -2.35. The number of amides is 3. The molecule has 1 heterocycles.